The van der Waals surface area contributed by atoms with Gasteiger partial charge in [0.1, 0.15) is 17.9 Å². The number of hydrogen-bond acceptors (Lipinski definition) is 16. The van der Waals surface area contributed by atoms with Crippen LogP contribution in [-0.4, -0.2) is 73.6 Å². The second-order valence-electron chi connectivity index (χ2n) is 25.0. The minimum Gasteiger partial charge on any atom is -0.422 e. The third-order valence-electron chi connectivity index (χ3n) is 16.9. The Morgan fingerprint density at radius 2 is 1.03 bits per heavy atom. The fourth-order valence-electron chi connectivity index (χ4n) is 10.4. The second kappa shape index (κ2) is 39.2. The third-order valence-corrected chi connectivity index (χ3v) is 19.9. The number of pyridine rings is 6. The van der Waals surface area contributed by atoms with Crippen LogP contribution in [0.4, 0.5) is 0 Å². The number of H-pyrrole nitrogens is 1. The van der Waals surface area contributed by atoms with Gasteiger partial charge in [-0.2, -0.15) is 20.7 Å². The number of nitrogens with one attached hydrogen (secondary N) is 1. The molecule has 14 aromatic rings. The number of hydrogen-bond donors (Lipinski definition) is 2. The van der Waals surface area contributed by atoms with E-state index in [0.29, 0.717) is 39.6 Å². The summed E-state index contributed by atoms with van der Waals surface area (Å²) in [7, 11) is 3.49. The molecule has 0 unspecified atom stereocenters. The van der Waals surface area contributed by atoms with Gasteiger partial charge >= 0.3 is 12.7 Å². The molecule has 25 heteroatoms. The summed E-state index contributed by atoms with van der Waals surface area (Å²) in [5.74, 6) is 9.18. The summed E-state index contributed by atoms with van der Waals surface area (Å²) < 4.78 is 25.6. The van der Waals surface area contributed by atoms with Crippen LogP contribution in [0.25, 0.3) is 66.9 Å². The van der Waals surface area contributed by atoms with Gasteiger partial charge in [0, 0.05) is 178 Å². The molecule has 16 rings (SSSR count). The molecule has 1 fully saturated rings. The zero-order chi connectivity index (χ0) is 77.6. The van der Waals surface area contributed by atoms with Crippen molar-refractivity contribution >= 4 is 138 Å². The summed E-state index contributed by atoms with van der Waals surface area (Å²) in [5, 5.41) is 28.5. The Morgan fingerprint density at radius 1 is 0.527 bits per heavy atom. The first-order valence-corrected chi connectivity index (χ1v) is 37.5. The molecule has 0 amide bonds. The Kier molecular flexibility index (Phi) is 29.6. The number of carbonyl (C=O) groups excluding carboxylic acids is 1. The predicted molar refractivity (Wildman–Crippen MR) is 455 cm³/mol. The molecule has 0 atom stereocenters. The van der Waals surface area contributed by atoms with Gasteiger partial charge in [-0.15, -0.1) is 6.42 Å². The Hall–Kier alpha value is -11.2. The second-order valence-corrected chi connectivity index (χ2v) is 29.8. The highest BCUT2D eigenvalue weighted by atomic mass is 127. The molecule has 5 aromatic carbocycles. The first-order chi connectivity index (χ1) is 52.5. The number of aromatic amines is 1. The molecule has 10 heterocycles. The van der Waals surface area contributed by atoms with Gasteiger partial charge in [-0.3, -0.25) is 43.9 Å². The van der Waals surface area contributed by atoms with Gasteiger partial charge < -0.3 is 24.9 Å². The van der Waals surface area contributed by atoms with Crippen LogP contribution in [0.1, 0.15) is 83.4 Å². The van der Waals surface area contributed by atoms with Crippen LogP contribution >= 0.6 is 86.3 Å². The Bertz CT molecular complexity index is 5750. The zero-order valence-electron chi connectivity index (χ0n) is 60.1. The van der Waals surface area contributed by atoms with Crippen LogP contribution in [0.5, 0.6) is 0 Å². The first-order valence-electron chi connectivity index (χ1n) is 33.3. The number of benzene rings is 5. The summed E-state index contributed by atoms with van der Waals surface area (Å²) in [6.45, 7) is 8.18. The third kappa shape index (κ3) is 22.7. The van der Waals surface area contributed by atoms with Crippen LogP contribution in [0, 0.1) is 50.4 Å². The van der Waals surface area contributed by atoms with E-state index in [-0.39, 0.29) is 41.4 Å². The van der Waals surface area contributed by atoms with Crippen molar-refractivity contribution in [1.29, 1.82) is 10.5 Å². The number of nitrogens with zero attached hydrogens (tertiary/aromatic N) is 11. The van der Waals surface area contributed by atoms with Crippen LogP contribution in [0.3, 0.4) is 0 Å². The molecule has 1 saturated heterocycles. The van der Waals surface area contributed by atoms with Crippen LogP contribution in [0.2, 0.25) is 0 Å². The number of ketones is 1. The van der Waals surface area contributed by atoms with E-state index in [0.717, 1.165) is 99.0 Å². The maximum atomic E-state index is 12.3. The highest BCUT2D eigenvalue weighted by Gasteiger charge is 2.52. The van der Waals surface area contributed by atoms with Crippen molar-refractivity contribution in [2.24, 2.45) is 14.1 Å². The van der Waals surface area contributed by atoms with Crippen LogP contribution in [0.15, 0.2) is 282 Å². The van der Waals surface area contributed by atoms with Crippen molar-refractivity contribution in [1.82, 2.24) is 55.6 Å². The van der Waals surface area contributed by atoms with Gasteiger partial charge in [0.15, 0.2) is 5.78 Å². The molecule has 1 aliphatic heterocycles. The summed E-state index contributed by atoms with van der Waals surface area (Å²) in [6.07, 6.45) is 31.6. The molecule has 110 heavy (non-hydrogen) atoms. The summed E-state index contributed by atoms with van der Waals surface area (Å²) in [4.78, 5) is 58.9. The molecule has 0 bridgehead atoms. The highest BCUT2D eigenvalue weighted by molar-refractivity contribution is 14.1. The molecular weight excluding hydrogens is 1760 g/mol. The lowest BCUT2D eigenvalue weighted by molar-refractivity contribution is 0.00578. The van der Waals surface area contributed by atoms with Crippen molar-refractivity contribution in [2.45, 2.75) is 45.3 Å². The maximum Gasteiger partial charge on any atom is 0.498 e. The van der Waals surface area contributed by atoms with Gasteiger partial charge in [-0.25, -0.2) is 4.79 Å². The number of nitriles is 2. The molecule has 0 spiro atoms. The summed E-state index contributed by atoms with van der Waals surface area (Å²) >= 11 is 15.5. The fraction of sp³-hybridized carbons (Fsp3) is 0.106. The van der Waals surface area contributed by atoms with Gasteiger partial charge in [0.05, 0.1) is 44.9 Å². The standard InChI is InChI=1S/C19H15N3O.C14H9BrN2O.C14H7BrN2.C14H8BrNO2.C10H17BN2O2.C8H5Br.C6H3IN2.H3N/c1-22-12-17(11-21-22)14-4-2-13(3-5-14)15-8-16-10-20-7-6-18(16)19(23)9-15;15-11-3-1-9(2-4-11)13-7-10-8-16-6-5-12(10)14(18)17-13;15-14-5-2-11(3-6-14)1-4-13-10-17-8-7-12(13)9-16;15-11-3-1-9(2-4-11)13-7-10-8-16-6-5-12(10)14(17)18-13;1-9(2)10(3,4)15-11(14-9)8-6-12-13(5)7-8;1-2-7-3-5-8(9)6-4-7;7-6-4-9-2-1-5(6)3-8;/h2-8,10-12H,9H2,1H3;1-8H,(H,17,18);2-3,5-8,10H;1-8H;6-7H,1-5H3;1,3-6H;1-2,4H;1H3. The smallest absolute Gasteiger partial charge is 0.422 e. The SMILES string of the molecule is C#Cc1ccc(Br)cc1.Cn1cc(-c2ccc(C3=Cc4cnccc4C(=O)C3)cc2)cn1.Cn1cc(B2OC(C)(C)C(C)(C)O2)cn1.N.N#Cc1ccncc1C#Cc1ccc(Br)cc1.N#Cc1ccncc1I.O=c1[nH]c(-c2ccc(Br)cc2)cc2cnccc12.O=c1oc(-c2ccc(Br)cc2)cc2cnccc12. The number of fused-ring (bicyclic) bond motifs is 3. The topological polar surface area (TPSA) is 281 Å². The Labute approximate surface area is 683 Å². The molecule has 1 aliphatic carbocycles. The fourth-order valence-corrected chi connectivity index (χ4v) is 11.9. The zero-order valence-corrected chi connectivity index (χ0v) is 68.6. The van der Waals surface area contributed by atoms with Crippen molar-refractivity contribution in [3.05, 3.63) is 337 Å². The largest absolute Gasteiger partial charge is 0.498 e. The van der Waals surface area contributed by atoms with Crippen molar-refractivity contribution in [3.8, 4) is 70.0 Å². The van der Waals surface area contributed by atoms with E-state index in [1.807, 2.05) is 176 Å². The van der Waals surface area contributed by atoms with Crippen LogP contribution < -0.4 is 22.8 Å². The number of rotatable bonds is 5. The van der Waals surface area contributed by atoms with Gasteiger partial charge in [0.2, 0.25) is 0 Å². The molecule has 9 aromatic heterocycles. The maximum absolute atomic E-state index is 12.3. The minimum absolute atomic E-state index is 0. The van der Waals surface area contributed by atoms with E-state index in [9.17, 15) is 14.4 Å². The Balaban J connectivity index is 0.000000150. The van der Waals surface area contributed by atoms with E-state index in [1.54, 1.807) is 108 Å². The van der Waals surface area contributed by atoms with E-state index < -0.39 is 0 Å². The van der Waals surface area contributed by atoms with Crippen molar-refractivity contribution in [2.75, 3.05) is 0 Å². The normalized spacial score (nSPS) is 12.3. The molecule has 4 N–H and O–H groups in total. The van der Waals surface area contributed by atoms with Gasteiger partial charge in [0.25, 0.3) is 5.56 Å². The van der Waals surface area contributed by atoms with Crippen molar-refractivity contribution in [3.63, 3.8) is 0 Å². The predicted octanol–water partition coefficient (Wildman–Crippen LogP) is 18.6. The number of aryl methyl sites for hydroxylation is 2. The molecule has 0 saturated carbocycles. The number of allylic oxidation sites excluding steroid dienone is 1. The monoisotopic (exact) mass is 1820 g/mol. The average Bonchev–Trinajstić information content (AvgIpc) is 1.28. The first kappa shape index (κ1) is 82.8. The average molecular weight is 1820 g/mol. The van der Waals surface area contributed by atoms with Crippen molar-refractivity contribution < 1.29 is 18.5 Å². The quantitative estimate of drug-likeness (QED) is 0.0920. The lowest BCUT2D eigenvalue weighted by Gasteiger charge is -2.32. The van der Waals surface area contributed by atoms with E-state index in [1.165, 1.54) is 0 Å². The van der Waals surface area contributed by atoms with E-state index >= 15 is 0 Å². The lowest BCUT2D eigenvalue weighted by Crippen LogP contribution is -2.41. The van der Waals surface area contributed by atoms with Crippen LogP contribution in [-0.2, 0) is 23.4 Å². The summed E-state index contributed by atoms with van der Waals surface area (Å²) in [5.41, 5.74) is 12.3. The molecule has 2 aliphatic rings. The number of halogens is 5. The Morgan fingerprint density at radius 3 is 1.59 bits per heavy atom. The summed E-state index contributed by atoms with van der Waals surface area (Å²) in [6, 6.07) is 55.4. The molecule has 546 valence electrons. The van der Waals surface area contributed by atoms with E-state index in [2.05, 4.69) is 181 Å². The van der Waals surface area contributed by atoms with Gasteiger partial charge in [-0.05, 0) is 194 Å². The number of carbonyl (C=O) groups is 1. The number of aromatic nitrogens is 10. The number of terminal acetylenes is 1. The number of Topliss-reactive ketones (excluding diaryl/α,β-unsaturated/α-hetero) is 1. The molecule has 0 radical (unpaired) electrons. The van der Waals surface area contributed by atoms with E-state index in [4.69, 9.17) is 30.7 Å². The molecule has 19 nitrogen and oxygen atoms in total. The molecular formula is C85H67BBr4IN13O6. The highest BCUT2D eigenvalue weighted by Crippen LogP contribution is 2.37. The lowest BCUT2D eigenvalue weighted by atomic mass is 9.82. The van der Waals surface area contributed by atoms with Gasteiger partial charge in [-0.1, -0.05) is 130 Å². The minimum atomic E-state index is -0.340.